The van der Waals surface area contributed by atoms with E-state index in [0.29, 0.717) is 4.73 Å². The molecule has 0 atom stereocenters. The first-order chi connectivity index (χ1) is 7.08. The van der Waals surface area contributed by atoms with Crippen LogP contribution < -0.4 is 4.90 Å². The molecule has 0 spiro atoms. The van der Waals surface area contributed by atoms with Gasteiger partial charge in [-0.1, -0.05) is 15.9 Å². The van der Waals surface area contributed by atoms with E-state index in [-0.39, 0.29) is 0 Å². The number of aromatic nitrogens is 2. The predicted octanol–water partition coefficient (Wildman–Crippen LogP) is 3.22. The molecular weight excluding hydrogens is 322 g/mol. The van der Waals surface area contributed by atoms with E-state index in [1.54, 1.807) is 0 Å². The van der Waals surface area contributed by atoms with Crippen molar-refractivity contribution in [2.45, 2.75) is 0 Å². The summed E-state index contributed by atoms with van der Waals surface area (Å²) in [5, 5.41) is 1.05. The van der Waals surface area contributed by atoms with Crippen LogP contribution in [0.15, 0.2) is 27.4 Å². The van der Waals surface area contributed by atoms with Crippen LogP contribution in [0.5, 0.6) is 0 Å². The number of hydrogen-bond donors (Lipinski definition) is 0. The summed E-state index contributed by atoms with van der Waals surface area (Å²) in [5.41, 5.74) is 0.926. The third-order valence-electron chi connectivity index (χ3n) is 2.04. The molecule has 1 aromatic carbocycles. The summed E-state index contributed by atoms with van der Waals surface area (Å²) in [4.78, 5) is 10.6. The number of hydrogen-bond acceptors (Lipinski definition) is 3. The van der Waals surface area contributed by atoms with Crippen molar-refractivity contribution in [3.63, 3.8) is 0 Å². The predicted molar refractivity (Wildman–Crippen MR) is 69.3 cm³/mol. The summed E-state index contributed by atoms with van der Waals surface area (Å²) in [6.07, 6.45) is 0. The van der Waals surface area contributed by atoms with Gasteiger partial charge in [-0.25, -0.2) is 9.97 Å². The monoisotopic (exact) mass is 329 g/mol. The fourth-order valence-electron chi connectivity index (χ4n) is 1.40. The maximum absolute atomic E-state index is 4.35. The molecule has 0 aliphatic carbocycles. The molecular formula is C10H9Br2N3. The molecule has 0 saturated heterocycles. The van der Waals surface area contributed by atoms with Crippen molar-refractivity contribution >= 4 is 48.6 Å². The lowest BCUT2D eigenvalue weighted by Gasteiger charge is -2.14. The molecule has 1 aromatic heterocycles. The zero-order chi connectivity index (χ0) is 11.0. The van der Waals surface area contributed by atoms with Crippen molar-refractivity contribution in [2.24, 2.45) is 0 Å². The Kier molecular flexibility index (Phi) is 2.93. The van der Waals surface area contributed by atoms with Gasteiger partial charge in [-0.15, -0.1) is 0 Å². The van der Waals surface area contributed by atoms with Gasteiger partial charge in [-0.2, -0.15) is 0 Å². The van der Waals surface area contributed by atoms with E-state index in [4.69, 9.17) is 0 Å². The van der Waals surface area contributed by atoms with Crippen LogP contribution in [0.25, 0.3) is 10.9 Å². The Morgan fingerprint density at radius 2 is 1.87 bits per heavy atom. The Morgan fingerprint density at radius 3 is 2.53 bits per heavy atom. The number of nitrogens with zero attached hydrogens (tertiary/aromatic N) is 3. The second kappa shape index (κ2) is 4.06. The summed E-state index contributed by atoms with van der Waals surface area (Å²) >= 11 is 6.74. The first-order valence-electron chi connectivity index (χ1n) is 4.38. The summed E-state index contributed by atoms with van der Waals surface area (Å²) < 4.78 is 1.63. The molecule has 0 fully saturated rings. The minimum atomic E-state index is 0.608. The maximum atomic E-state index is 4.35. The Labute approximate surface area is 105 Å². The van der Waals surface area contributed by atoms with Gasteiger partial charge in [0.1, 0.15) is 5.82 Å². The maximum Gasteiger partial charge on any atom is 0.199 e. The van der Waals surface area contributed by atoms with Crippen LogP contribution >= 0.6 is 31.9 Å². The highest BCUT2D eigenvalue weighted by atomic mass is 79.9. The normalized spacial score (nSPS) is 10.7. The fourth-order valence-corrected chi connectivity index (χ4v) is 2.11. The van der Waals surface area contributed by atoms with E-state index in [0.717, 1.165) is 21.2 Å². The molecule has 5 heteroatoms. The summed E-state index contributed by atoms with van der Waals surface area (Å²) in [6, 6.07) is 5.99. The van der Waals surface area contributed by atoms with Crippen molar-refractivity contribution in [2.75, 3.05) is 19.0 Å². The highest BCUT2D eigenvalue weighted by molar-refractivity contribution is 9.10. The molecule has 0 radical (unpaired) electrons. The Bertz CT molecular complexity index is 506. The van der Waals surface area contributed by atoms with Crippen LogP contribution in [0.1, 0.15) is 0 Å². The van der Waals surface area contributed by atoms with Crippen LogP contribution in [0, 0.1) is 0 Å². The SMILES string of the molecule is CN(C)c1nc(Br)nc2cc(Br)ccc12. The number of halogens is 2. The molecule has 0 aliphatic rings. The van der Waals surface area contributed by atoms with Crippen molar-refractivity contribution in [3.8, 4) is 0 Å². The smallest absolute Gasteiger partial charge is 0.199 e. The van der Waals surface area contributed by atoms with Gasteiger partial charge in [-0.05, 0) is 34.1 Å². The molecule has 0 amide bonds. The zero-order valence-corrected chi connectivity index (χ0v) is 11.5. The molecule has 0 unspecified atom stereocenters. The van der Waals surface area contributed by atoms with Crippen molar-refractivity contribution in [3.05, 3.63) is 27.4 Å². The molecule has 15 heavy (non-hydrogen) atoms. The van der Waals surface area contributed by atoms with Gasteiger partial charge in [0.25, 0.3) is 0 Å². The lowest BCUT2D eigenvalue weighted by atomic mass is 10.2. The first kappa shape index (κ1) is 10.8. The van der Waals surface area contributed by atoms with Gasteiger partial charge in [0.05, 0.1) is 5.52 Å². The van der Waals surface area contributed by atoms with Crippen molar-refractivity contribution in [1.29, 1.82) is 0 Å². The van der Waals surface area contributed by atoms with Crippen molar-refractivity contribution < 1.29 is 0 Å². The largest absolute Gasteiger partial charge is 0.362 e. The van der Waals surface area contributed by atoms with Crippen LogP contribution in [-0.2, 0) is 0 Å². The van der Waals surface area contributed by atoms with Gasteiger partial charge < -0.3 is 4.90 Å². The van der Waals surface area contributed by atoms with Gasteiger partial charge in [-0.3, -0.25) is 0 Å². The summed E-state index contributed by atoms with van der Waals surface area (Å²) in [5.74, 6) is 0.916. The van der Waals surface area contributed by atoms with E-state index in [2.05, 4.69) is 41.8 Å². The summed E-state index contributed by atoms with van der Waals surface area (Å²) in [6.45, 7) is 0. The van der Waals surface area contributed by atoms with E-state index in [1.807, 2.05) is 37.2 Å². The third-order valence-corrected chi connectivity index (χ3v) is 2.88. The van der Waals surface area contributed by atoms with Crippen LogP contribution in [0.2, 0.25) is 0 Å². The Hall–Kier alpha value is -0.680. The van der Waals surface area contributed by atoms with Crippen molar-refractivity contribution in [1.82, 2.24) is 9.97 Å². The highest BCUT2D eigenvalue weighted by Gasteiger charge is 2.07. The molecule has 0 N–H and O–H groups in total. The quantitative estimate of drug-likeness (QED) is 0.752. The third kappa shape index (κ3) is 2.13. The Morgan fingerprint density at radius 1 is 1.13 bits per heavy atom. The number of benzene rings is 1. The molecule has 0 bridgehead atoms. The van der Waals surface area contributed by atoms with E-state index >= 15 is 0 Å². The minimum Gasteiger partial charge on any atom is -0.362 e. The molecule has 1 heterocycles. The second-order valence-corrected chi connectivity index (χ2v) is 5.00. The topological polar surface area (TPSA) is 29.0 Å². The highest BCUT2D eigenvalue weighted by Crippen LogP contribution is 2.26. The first-order valence-corrected chi connectivity index (χ1v) is 5.96. The van der Waals surface area contributed by atoms with Gasteiger partial charge >= 0.3 is 0 Å². The molecule has 78 valence electrons. The fraction of sp³-hybridized carbons (Fsp3) is 0.200. The Balaban J connectivity index is 2.80. The lowest BCUT2D eigenvalue weighted by Crippen LogP contribution is -2.11. The minimum absolute atomic E-state index is 0.608. The molecule has 0 aliphatic heterocycles. The average Bonchev–Trinajstić information content (AvgIpc) is 2.15. The second-order valence-electron chi connectivity index (χ2n) is 3.37. The molecule has 2 aromatic rings. The molecule has 3 nitrogen and oxygen atoms in total. The number of rotatable bonds is 1. The molecule has 0 saturated carbocycles. The van der Waals surface area contributed by atoms with E-state index in [9.17, 15) is 0 Å². The average molecular weight is 331 g/mol. The number of anilines is 1. The van der Waals surface area contributed by atoms with Gasteiger partial charge in [0.15, 0.2) is 4.73 Å². The van der Waals surface area contributed by atoms with Crippen LogP contribution in [0.3, 0.4) is 0 Å². The van der Waals surface area contributed by atoms with E-state index < -0.39 is 0 Å². The number of fused-ring (bicyclic) bond motifs is 1. The molecule has 2 rings (SSSR count). The van der Waals surface area contributed by atoms with Gasteiger partial charge in [0, 0.05) is 24.0 Å². The standard InChI is InChI=1S/C10H9Br2N3/c1-15(2)9-7-4-3-6(11)5-8(7)13-10(12)14-9/h3-5H,1-2H3. The van der Waals surface area contributed by atoms with Gasteiger partial charge in [0.2, 0.25) is 0 Å². The van der Waals surface area contributed by atoms with E-state index in [1.165, 1.54) is 0 Å². The van der Waals surface area contributed by atoms with Crippen LogP contribution in [0.4, 0.5) is 5.82 Å². The van der Waals surface area contributed by atoms with Crippen LogP contribution in [-0.4, -0.2) is 24.1 Å². The summed E-state index contributed by atoms with van der Waals surface area (Å²) in [7, 11) is 3.94. The lowest BCUT2D eigenvalue weighted by molar-refractivity contribution is 1.04. The zero-order valence-electron chi connectivity index (χ0n) is 8.33.